The summed E-state index contributed by atoms with van der Waals surface area (Å²) in [5.41, 5.74) is 3.28. The van der Waals surface area contributed by atoms with Gasteiger partial charge in [0.1, 0.15) is 12.4 Å². The molecule has 0 atom stereocenters. The molecule has 4 aromatic rings. The molecule has 28 heavy (non-hydrogen) atoms. The summed E-state index contributed by atoms with van der Waals surface area (Å²) in [6.45, 7) is 0.451. The number of nitrogens with zero attached hydrogens (tertiary/aromatic N) is 2. The molecule has 1 amide bonds. The van der Waals surface area contributed by atoms with Crippen LogP contribution in [-0.2, 0) is 6.61 Å². The largest absolute Gasteiger partial charge is 0.489 e. The average Bonchev–Trinajstić information content (AvgIpc) is 3.22. The summed E-state index contributed by atoms with van der Waals surface area (Å²) in [7, 11) is 0. The Morgan fingerprint density at radius 2 is 1.82 bits per heavy atom. The first kappa shape index (κ1) is 17.9. The van der Waals surface area contributed by atoms with E-state index in [2.05, 4.69) is 15.3 Å². The Labute approximate surface area is 166 Å². The standard InChI is InChI=1S/C22H17N3O2S/c26-21(25-22-24-20(15-28-22)18-5-4-12-23-13-18)17-10-8-16(9-11-17)14-27-19-6-2-1-3-7-19/h1-13,15H,14H2,(H,24,25,26). The van der Waals surface area contributed by atoms with E-state index in [-0.39, 0.29) is 5.91 Å². The molecule has 138 valence electrons. The van der Waals surface area contributed by atoms with Crippen molar-refractivity contribution >= 4 is 22.4 Å². The summed E-state index contributed by atoms with van der Waals surface area (Å²) in [4.78, 5) is 21.0. The lowest BCUT2D eigenvalue weighted by Crippen LogP contribution is -2.11. The summed E-state index contributed by atoms with van der Waals surface area (Å²) < 4.78 is 5.72. The molecule has 0 unspecified atom stereocenters. The zero-order valence-electron chi connectivity index (χ0n) is 14.9. The van der Waals surface area contributed by atoms with Gasteiger partial charge in [-0.3, -0.25) is 15.1 Å². The fourth-order valence-corrected chi connectivity index (χ4v) is 3.30. The Balaban J connectivity index is 1.37. The predicted molar refractivity (Wildman–Crippen MR) is 111 cm³/mol. The molecule has 2 aromatic carbocycles. The highest BCUT2D eigenvalue weighted by Crippen LogP contribution is 2.24. The van der Waals surface area contributed by atoms with Gasteiger partial charge in [-0.2, -0.15) is 0 Å². The number of pyridine rings is 1. The molecule has 0 saturated heterocycles. The smallest absolute Gasteiger partial charge is 0.257 e. The number of ether oxygens (including phenoxy) is 1. The Morgan fingerprint density at radius 3 is 2.57 bits per heavy atom. The van der Waals surface area contributed by atoms with E-state index in [1.165, 1.54) is 11.3 Å². The maximum Gasteiger partial charge on any atom is 0.257 e. The van der Waals surface area contributed by atoms with Gasteiger partial charge in [0.2, 0.25) is 0 Å². The Kier molecular flexibility index (Phi) is 5.40. The first-order chi connectivity index (χ1) is 13.8. The van der Waals surface area contributed by atoms with Crippen molar-refractivity contribution in [3.63, 3.8) is 0 Å². The lowest BCUT2D eigenvalue weighted by Gasteiger charge is -2.07. The minimum Gasteiger partial charge on any atom is -0.489 e. The van der Waals surface area contributed by atoms with Gasteiger partial charge < -0.3 is 4.74 Å². The Morgan fingerprint density at radius 1 is 1.00 bits per heavy atom. The molecule has 0 spiro atoms. The van der Waals surface area contributed by atoms with Crippen LogP contribution in [0.15, 0.2) is 84.5 Å². The summed E-state index contributed by atoms with van der Waals surface area (Å²) in [6, 6.07) is 20.8. The van der Waals surface area contributed by atoms with Crippen LogP contribution in [0.3, 0.4) is 0 Å². The first-order valence-corrected chi connectivity index (χ1v) is 9.60. The molecule has 4 rings (SSSR count). The maximum absolute atomic E-state index is 12.5. The third kappa shape index (κ3) is 4.42. The molecule has 5 nitrogen and oxygen atoms in total. The van der Waals surface area contributed by atoms with Crippen molar-refractivity contribution in [2.45, 2.75) is 6.61 Å². The second-order valence-corrected chi connectivity index (χ2v) is 6.89. The molecule has 1 N–H and O–H groups in total. The van der Waals surface area contributed by atoms with Crippen molar-refractivity contribution in [3.05, 3.63) is 95.6 Å². The highest BCUT2D eigenvalue weighted by Gasteiger charge is 2.10. The second-order valence-electron chi connectivity index (χ2n) is 6.03. The van der Waals surface area contributed by atoms with Crippen molar-refractivity contribution in [2.24, 2.45) is 0 Å². The van der Waals surface area contributed by atoms with Crippen molar-refractivity contribution in [1.29, 1.82) is 0 Å². The number of carbonyl (C=O) groups is 1. The predicted octanol–water partition coefficient (Wildman–Crippen LogP) is 5.04. The molecule has 0 saturated carbocycles. The number of para-hydroxylation sites is 1. The van der Waals surface area contributed by atoms with E-state index < -0.39 is 0 Å². The molecule has 0 aliphatic heterocycles. The van der Waals surface area contributed by atoms with Gasteiger partial charge in [-0.25, -0.2) is 4.98 Å². The topological polar surface area (TPSA) is 64.1 Å². The van der Waals surface area contributed by atoms with Crippen LogP contribution in [0.1, 0.15) is 15.9 Å². The summed E-state index contributed by atoms with van der Waals surface area (Å²) in [5.74, 6) is 0.625. The molecular weight excluding hydrogens is 370 g/mol. The molecule has 2 heterocycles. The van der Waals surface area contributed by atoms with Crippen LogP contribution in [0.4, 0.5) is 5.13 Å². The van der Waals surface area contributed by atoms with Gasteiger partial charge >= 0.3 is 0 Å². The van der Waals surface area contributed by atoms with Gasteiger partial charge in [0.05, 0.1) is 5.69 Å². The number of nitrogens with one attached hydrogen (secondary N) is 1. The quantitative estimate of drug-likeness (QED) is 0.504. The number of hydrogen-bond donors (Lipinski definition) is 1. The van der Waals surface area contributed by atoms with Crippen LogP contribution in [0.5, 0.6) is 5.75 Å². The minimum absolute atomic E-state index is 0.192. The summed E-state index contributed by atoms with van der Waals surface area (Å²) in [6.07, 6.45) is 3.46. The number of thiazole rings is 1. The van der Waals surface area contributed by atoms with Crippen LogP contribution in [-0.4, -0.2) is 15.9 Å². The first-order valence-electron chi connectivity index (χ1n) is 8.72. The lowest BCUT2D eigenvalue weighted by molar-refractivity contribution is 0.102. The monoisotopic (exact) mass is 387 g/mol. The molecule has 6 heteroatoms. The highest BCUT2D eigenvalue weighted by molar-refractivity contribution is 7.14. The number of carbonyl (C=O) groups excluding carboxylic acids is 1. The summed E-state index contributed by atoms with van der Waals surface area (Å²) >= 11 is 1.39. The van der Waals surface area contributed by atoms with E-state index in [0.717, 1.165) is 22.6 Å². The number of hydrogen-bond acceptors (Lipinski definition) is 5. The van der Waals surface area contributed by atoms with Crippen LogP contribution in [0.2, 0.25) is 0 Å². The fourth-order valence-electron chi connectivity index (χ4n) is 2.58. The van der Waals surface area contributed by atoms with E-state index in [0.29, 0.717) is 17.3 Å². The van der Waals surface area contributed by atoms with E-state index >= 15 is 0 Å². The van der Waals surface area contributed by atoms with Gasteiger partial charge in [-0.05, 0) is 42.0 Å². The van der Waals surface area contributed by atoms with Gasteiger partial charge in [-0.15, -0.1) is 11.3 Å². The normalized spacial score (nSPS) is 10.4. The van der Waals surface area contributed by atoms with E-state index in [1.54, 1.807) is 24.5 Å². The van der Waals surface area contributed by atoms with Crippen molar-refractivity contribution in [2.75, 3.05) is 5.32 Å². The van der Waals surface area contributed by atoms with Crippen LogP contribution in [0, 0.1) is 0 Å². The molecule has 0 aliphatic rings. The van der Waals surface area contributed by atoms with E-state index in [9.17, 15) is 4.79 Å². The number of amides is 1. The Bertz CT molecular complexity index is 1050. The molecule has 2 aromatic heterocycles. The third-order valence-electron chi connectivity index (χ3n) is 4.05. The zero-order valence-corrected chi connectivity index (χ0v) is 15.7. The molecule has 0 aliphatic carbocycles. The van der Waals surface area contributed by atoms with Gasteiger partial charge in [0, 0.05) is 28.9 Å². The van der Waals surface area contributed by atoms with Crippen LogP contribution < -0.4 is 10.1 Å². The average molecular weight is 387 g/mol. The molecule has 0 bridgehead atoms. The van der Waals surface area contributed by atoms with E-state index in [4.69, 9.17) is 4.74 Å². The molecule has 0 radical (unpaired) electrons. The molecular formula is C22H17N3O2S. The SMILES string of the molecule is O=C(Nc1nc(-c2cccnc2)cs1)c1ccc(COc2ccccc2)cc1. The van der Waals surface area contributed by atoms with Crippen molar-refractivity contribution < 1.29 is 9.53 Å². The van der Waals surface area contributed by atoms with Crippen molar-refractivity contribution in [3.8, 4) is 17.0 Å². The fraction of sp³-hybridized carbons (Fsp3) is 0.0455. The van der Waals surface area contributed by atoms with Crippen LogP contribution in [0.25, 0.3) is 11.3 Å². The second kappa shape index (κ2) is 8.45. The Hall–Kier alpha value is -3.51. The number of anilines is 1. The summed E-state index contributed by atoms with van der Waals surface area (Å²) in [5, 5.41) is 5.30. The zero-order chi connectivity index (χ0) is 19.2. The van der Waals surface area contributed by atoms with Gasteiger partial charge in [-0.1, -0.05) is 30.3 Å². The lowest BCUT2D eigenvalue weighted by atomic mass is 10.1. The maximum atomic E-state index is 12.5. The number of rotatable bonds is 6. The van der Waals surface area contributed by atoms with Gasteiger partial charge in [0.25, 0.3) is 5.91 Å². The number of aromatic nitrogens is 2. The van der Waals surface area contributed by atoms with E-state index in [1.807, 2.05) is 60.0 Å². The van der Waals surface area contributed by atoms with Crippen molar-refractivity contribution in [1.82, 2.24) is 9.97 Å². The molecule has 0 fully saturated rings. The van der Waals surface area contributed by atoms with Gasteiger partial charge in [0.15, 0.2) is 5.13 Å². The number of benzene rings is 2. The van der Waals surface area contributed by atoms with Crippen LogP contribution >= 0.6 is 11.3 Å². The third-order valence-corrected chi connectivity index (χ3v) is 4.80. The minimum atomic E-state index is -0.192. The highest BCUT2D eigenvalue weighted by atomic mass is 32.1.